The molecule has 14 heteroatoms. The Hall–Kier alpha value is -2.91. The fraction of sp³-hybridized carbons (Fsp3) is 0.500. The van der Waals surface area contributed by atoms with E-state index in [1.165, 1.54) is 53.5 Å². The molecule has 0 spiro atoms. The summed E-state index contributed by atoms with van der Waals surface area (Å²) < 4.78 is 60.8. The topological polar surface area (TPSA) is 153 Å². The average Bonchev–Trinajstić information content (AvgIpc) is 3.47. The zero-order chi connectivity index (χ0) is 28.8. The first-order valence-corrected chi connectivity index (χ1v) is 16.2. The van der Waals surface area contributed by atoms with Crippen molar-refractivity contribution in [2.45, 2.75) is 61.8 Å². The summed E-state index contributed by atoms with van der Waals surface area (Å²) in [6, 6.07) is 10.3. The second-order valence-corrected chi connectivity index (χ2v) is 13.3. The monoisotopic (exact) mass is 595 g/mol. The van der Waals surface area contributed by atoms with E-state index >= 15 is 0 Å². The first-order chi connectivity index (χ1) is 19.1. The highest BCUT2D eigenvalue weighted by Gasteiger charge is 2.36. The fourth-order valence-electron chi connectivity index (χ4n) is 4.90. The Labute approximate surface area is 236 Å². The number of piperidine rings is 1. The first-order valence-electron chi connectivity index (χ1n) is 13.4. The van der Waals surface area contributed by atoms with E-state index in [-0.39, 0.29) is 22.4 Å². The van der Waals surface area contributed by atoms with Crippen molar-refractivity contribution < 1.29 is 30.7 Å². The molecule has 40 heavy (non-hydrogen) atoms. The number of hydroxylamine groups is 1. The number of guanidine groups is 1. The van der Waals surface area contributed by atoms with Crippen molar-refractivity contribution >= 4 is 26.1 Å². The van der Waals surface area contributed by atoms with Gasteiger partial charge in [0.1, 0.15) is 15.5 Å². The normalized spacial score (nSPS) is 18.1. The molecular formula is C26H37N5O7S2. The van der Waals surface area contributed by atoms with E-state index in [0.717, 1.165) is 19.5 Å². The predicted molar refractivity (Wildman–Crippen MR) is 150 cm³/mol. The van der Waals surface area contributed by atoms with Gasteiger partial charge in [0, 0.05) is 25.2 Å². The van der Waals surface area contributed by atoms with Gasteiger partial charge in [0.05, 0.1) is 6.61 Å². The minimum absolute atomic E-state index is 0.0717. The smallest absolute Gasteiger partial charge is 0.340 e. The minimum atomic E-state index is -4.53. The van der Waals surface area contributed by atoms with Crippen LogP contribution in [0.15, 0.2) is 57.4 Å². The maximum atomic E-state index is 13.6. The number of nitrogens with two attached hydrogens (primary N) is 1. The van der Waals surface area contributed by atoms with Gasteiger partial charge in [0.2, 0.25) is 10.0 Å². The number of nitrogens with zero attached hydrogens (tertiary/aromatic N) is 3. The van der Waals surface area contributed by atoms with Crippen molar-refractivity contribution in [3.63, 3.8) is 0 Å². The molecule has 2 aromatic carbocycles. The third-order valence-corrected chi connectivity index (χ3v) is 10.2. The minimum Gasteiger partial charge on any atom is -0.379 e. The van der Waals surface area contributed by atoms with Crippen LogP contribution in [0.1, 0.15) is 44.6 Å². The maximum absolute atomic E-state index is 13.6. The summed E-state index contributed by atoms with van der Waals surface area (Å²) in [6.07, 6.45) is 4.54. The average molecular weight is 596 g/mol. The largest absolute Gasteiger partial charge is 0.379 e. The second kappa shape index (κ2) is 13.2. The number of oxime groups is 1. The van der Waals surface area contributed by atoms with Crippen LogP contribution >= 0.6 is 0 Å². The van der Waals surface area contributed by atoms with Gasteiger partial charge in [-0.25, -0.2) is 13.9 Å². The van der Waals surface area contributed by atoms with E-state index in [0.29, 0.717) is 44.1 Å². The molecule has 0 saturated carbocycles. The summed E-state index contributed by atoms with van der Waals surface area (Å²) in [5.74, 6) is -0.0431. The van der Waals surface area contributed by atoms with Crippen LogP contribution in [0.5, 0.6) is 11.5 Å². The lowest BCUT2D eigenvalue weighted by atomic mass is 10.1. The zero-order valence-electron chi connectivity index (χ0n) is 22.8. The van der Waals surface area contributed by atoms with Gasteiger partial charge < -0.3 is 19.7 Å². The van der Waals surface area contributed by atoms with Crippen LogP contribution in [0, 0.1) is 6.92 Å². The molecule has 0 unspecified atom stereocenters. The lowest BCUT2D eigenvalue weighted by molar-refractivity contribution is 0.0824. The zero-order valence-corrected chi connectivity index (χ0v) is 24.4. The van der Waals surface area contributed by atoms with Gasteiger partial charge in [0.15, 0.2) is 5.75 Å². The molecule has 3 N–H and O–H groups in total. The molecule has 2 aromatic rings. The van der Waals surface area contributed by atoms with Crippen LogP contribution in [0.2, 0.25) is 0 Å². The van der Waals surface area contributed by atoms with E-state index in [2.05, 4.69) is 15.5 Å². The van der Waals surface area contributed by atoms with Crippen LogP contribution in [0.25, 0.3) is 0 Å². The van der Waals surface area contributed by atoms with Gasteiger partial charge in [-0.05, 0) is 87.1 Å². The Morgan fingerprint density at radius 2 is 1.65 bits per heavy atom. The summed E-state index contributed by atoms with van der Waals surface area (Å²) in [5, 5.41) is 3.70. The van der Waals surface area contributed by atoms with Gasteiger partial charge in [-0.1, -0.05) is 19.1 Å². The number of benzene rings is 2. The molecule has 2 aliphatic heterocycles. The van der Waals surface area contributed by atoms with Gasteiger partial charge >= 0.3 is 10.1 Å². The highest BCUT2D eigenvalue weighted by molar-refractivity contribution is 7.91. The third kappa shape index (κ3) is 7.43. The maximum Gasteiger partial charge on any atom is 0.340 e. The molecule has 12 nitrogen and oxygen atoms in total. The quantitative estimate of drug-likeness (QED) is 0.130. The van der Waals surface area contributed by atoms with E-state index in [4.69, 9.17) is 19.6 Å². The second-order valence-electron chi connectivity index (χ2n) is 9.86. The highest BCUT2D eigenvalue weighted by atomic mass is 32.2. The summed E-state index contributed by atoms with van der Waals surface area (Å²) in [4.78, 5) is 12.0. The molecule has 0 aliphatic carbocycles. The van der Waals surface area contributed by atoms with Crippen LogP contribution in [-0.2, 0) is 25.0 Å². The van der Waals surface area contributed by atoms with Crippen LogP contribution in [0.4, 0.5) is 0 Å². The van der Waals surface area contributed by atoms with Crippen molar-refractivity contribution in [2.75, 3.05) is 32.8 Å². The van der Waals surface area contributed by atoms with Gasteiger partial charge in [-0.2, -0.15) is 12.7 Å². The molecular weight excluding hydrogens is 558 g/mol. The Kier molecular flexibility index (Phi) is 9.90. The lowest BCUT2D eigenvalue weighted by Gasteiger charge is -2.36. The highest BCUT2D eigenvalue weighted by Crippen LogP contribution is 2.31. The lowest BCUT2D eigenvalue weighted by Crippen LogP contribution is -2.46. The molecule has 0 amide bonds. The third-order valence-electron chi connectivity index (χ3n) is 6.78. The Balaban J connectivity index is 1.50. The number of nitrogens with one attached hydrogen (secondary N) is 1. The van der Waals surface area contributed by atoms with E-state index in [1.807, 2.05) is 6.92 Å². The van der Waals surface area contributed by atoms with Crippen LogP contribution in [0.3, 0.4) is 0 Å². The molecule has 0 bridgehead atoms. The van der Waals surface area contributed by atoms with Crippen LogP contribution in [-0.4, -0.2) is 70.8 Å². The molecule has 2 fully saturated rings. The SMILES string of the molecule is CCCONC(N)=NOc1cc(C)cc(OS(=O)(=O)c2ccccc2S(=O)(=O)N2CCC(N3CCCC3)CC2)c1. The van der Waals surface area contributed by atoms with Crippen molar-refractivity contribution in [1.82, 2.24) is 14.7 Å². The summed E-state index contributed by atoms with van der Waals surface area (Å²) in [6.45, 7) is 6.83. The van der Waals surface area contributed by atoms with Crippen LogP contribution < -0.4 is 20.2 Å². The Bertz CT molecular complexity index is 1400. The molecule has 2 aliphatic rings. The van der Waals surface area contributed by atoms with E-state index < -0.39 is 25.0 Å². The molecule has 220 valence electrons. The Morgan fingerprint density at radius 1 is 1.00 bits per heavy atom. The van der Waals surface area contributed by atoms with E-state index in [9.17, 15) is 16.8 Å². The van der Waals surface area contributed by atoms with Crippen molar-refractivity contribution in [2.24, 2.45) is 10.9 Å². The molecule has 2 heterocycles. The Morgan fingerprint density at radius 3 is 2.33 bits per heavy atom. The van der Waals surface area contributed by atoms with E-state index in [1.54, 1.807) is 13.0 Å². The summed E-state index contributed by atoms with van der Waals surface area (Å²) >= 11 is 0. The molecule has 2 saturated heterocycles. The summed E-state index contributed by atoms with van der Waals surface area (Å²) in [5.41, 5.74) is 8.71. The number of likely N-dealkylation sites (tertiary alicyclic amines) is 1. The molecule has 0 aromatic heterocycles. The molecule has 0 radical (unpaired) electrons. The molecule has 0 atom stereocenters. The first kappa shape index (κ1) is 30.1. The van der Waals surface area contributed by atoms with Gasteiger partial charge in [-0.3, -0.25) is 4.84 Å². The van der Waals surface area contributed by atoms with Crippen molar-refractivity contribution in [3.8, 4) is 11.5 Å². The predicted octanol–water partition coefficient (Wildman–Crippen LogP) is 2.55. The fourth-order valence-corrected chi connectivity index (χ4v) is 8.06. The number of aryl methyl sites for hydroxylation is 1. The van der Waals surface area contributed by atoms with Gasteiger partial charge in [-0.15, -0.1) is 0 Å². The number of sulfonamides is 1. The number of hydrogen-bond donors (Lipinski definition) is 2. The van der Waals surface area contributed by atoms with Crippen molar-refractivity contribution in [3.05, 3.63) is 48.0 Å². The standard InChI is InChI=1S/C26H37N5O7S2/c1-3-16-36-28-26(27)29-37-22-17-20(2)18-23(19-22)38-40(34,35)25-9-5-4-8-24(25)39(32,33)31-14-10-21(11-15-31)30-12-6-7-13-30/h4-5,8-9,17-19,21H,3,6-7,10-16H2,1-2H3,(H3,27,28,29). The molecule has 4 rings (SSSR count). The number of hydrogen-bond acceptors (Lipinski definition) is 9. The van der Waals surface area contributed by atoms with Gasteiger partial charge in [0.25, 0.3) is 5.96 Å². The van der Waals surface area contributed by atoms with Crippen molar-refractivity contribution in [1.29, 1.82) is 0 Å². The number of rotatable bonds is 11. The summed E-state index contributed by atoms with van der Waals surface area (Å²) in [7, 11) is -8.61.